The van der Waals surface area contributed by atoms with Crippen LogP contribution in [0.4, 0.5) is 5.69 Å². The molecule has 0 aliphatic carbocycles. The van der Waals surface area contributed by atoms with E-state index in [0.29, 0.717) is 11.4 Å². The number of benzene rings is 2. The maximum absolute atomic E-state index is 12.7. The van der Waals surface area contributed by atoms with Gasteiger partial charge < -0.3 is 14.6 Å². The Morgan fingerprint density at radius 1 is 1.10 bits per heavy atom. The van der Waals surface area contributed by atoms with Gasteiger partial charge in [0.2, 0.25) is 0 Å². The van der Waals surface area contributed by atoms with Crippen LogP contribution in [-0.4, -0.2) is 17.6 Å². The number of anilines is 1. The summed E-state index contributed by atoms with van der Waals surface area (Å²) >= 11 is 0. The molecule has 2 aromatic carbocycles. The number of methoxy groups -OCH3 is 1. The van der Waals surface area contributed by atoms with Crippen molar-refractivity contribution in [3.05, 3.63) is 82.2 Å². The number of hydrogen-bond donors (Lipinski definition) is 1. The standard InChI is InChI=1S/C25H25N3O2/c1-16-9-8-11-23(18(16)3)28-17(2)13-20(19(28)4)14-21(15-26)25(29)27-22-10-6-7-12-24(22)30-5/h6-14H,1-5H3,(H,27,29)/b21-14+. The molecule has 1 N–H and O–H groups in total. The van der Waals surface area contributed by atoms with Crippen molar-refractivity contribution in [1.82, 2.24) is 4.57 Å². The normalized spacial score (nSPS) is 11.1. The van der Waals surface area contributed by atoms with Gasteiger partial charge in [-0.15, -0.1) is 0 Å². The van der Waals surface area contributed by atoms with E-state index in [-0.39, 0.29) is 5.57 Å². The highest BCUT2D eigenvalue weighted by atomic mass is 16.5. The summed E-state index contributed by atoms with van der Waals surface area (Å²) < 4.78 is 7.42. The summed E-state index contributed by atoms with van der Waals surface area (Å²) in [6.07, 6.45) is 1.63. The first-order valence-electron chi connectivity index (χ1n) is 9.69. The SMILES string of the molecule is COc1ccccc1NC(=O)/C(C#N)=C/c1cc(C)n(-c2cccc(C)c2C)c1C. The Hall–Kier alpha value is -3.78. The molecule has 0 spiro atoms. The number of amides is 1. The first-order valence-corrected chi connectivity index (χ1v) is 9.69. The zero-order chi connectivity index (χ0) is 21.8. The highest BCUT2D eigenvalue weighted by Crippen LogP contribution is 2.27. The molecule has 5 heteroatoms. The monoisotopic (exact) mass is 399 g/mol. The maximum Gasteiger partial charge on any atom is 0.266 e. The topological polar surface area (TPSA) is 67.0 Å². The molecule has 0 atom stereocenters. The number of nitriles is 1. The van der Waals surface area contributed by atoms with Crippen LogP contribution in [0.25, 0.3) is 11.8 Å². The summed E-state index contributed by atoms with van der Waals surface area (Å²) in [5.74, 6) is 0.0646. The first-order chi connectivity index (χ1) is 14.4. The molecule has 5 nitrogen and oxygen atoms in total. The predicted molar refractivity (Wildman–Crippen MR) is 120 cm³/mol. The predicted octanol–water partition coefficient (Wildman–Crippen LogP) is 5.27. The van der Waals surface area contributed by atoms with Crippen LogP contribution in [0.2, 0.25) is 0 Å². The number of carbonyl (C=O) groups excluding carboxylic acids is 1. The van der Waals surface area contributed by atoms with E-state index in [1.165, 1.54) is 18.2 Å². The fourth-order valence-electron chi connectivity index (χ4n) is 3.52. The largest absolute Gasteiger partial charge is 0.495 e. The van der Waals surface area contributed by atoms with Crippen molar-refractivity contribution >= 4 is 17.7 Å². The van der Waals surface area contributed by atoms with Gasteiger partial charge in [0.15, 0.2) is 0 Å². The average Bonchev–Trinajstić information content (AvgIpc) is 3.01. The van der Waals surface area contributed by atoms with Crippen LogP contribution in [0.5, 0.6) is 5.75 Å². The molecular formula is C25H25N3O2. The summed E-state index contributed by atoms with van der Waals surface area (Å²) in [4.78, 5) is 12.7. The van der Waals surface area contributed by atoms with Crippen molar-refractivity contribution in [2.75, 3.05) is 12.4 Å². The third-order valence-electron chi connectivity index (χ3n) is 5.31. The number of aromatic nitrogens is 1. The first kappa shape index (κ1) is 20.9. The number of carbonyl (C=O) groups is 1. The molecule has 0 bridgehead atoms. The second kappa shape index (κ2) is 8.71. The van der Waals surface area contributed by atoms with Crippen molar-refractivity contribution in [3.63, 3.8) is 0 Å². The molecular weight excluding hydrogens is 374 g/mol. The summed E-state index contributed by atoms with van der Waals surface area (Å²) in [5, 5.41) is 12.4. The van der Waals surface area contributed by atoms with E-state index in [1.54, 1.807) is 24.3 Å². The molecule has 1 heterocycles. The minimum absolute atomic E-state index is 0.0297. The summed E-state index contributed by atoms with van der Waals surface area (Å²) in [6, 6.07) is 17.3. The quantitative estimate of drug-likeness (QED) is 0.470. The van der Waals surface area contributed by atoms with Gasteiger partial charge in [0.1, 0.15) is 17.4 Å². The van der Waals surface area contributed by atoms with Crippen LogP contribution in [-0.2, 0) is 4.79 Å². The molecule has 1 aromatic heterocycles. The minimum atomic E-state index is -0.474. The van der Waals surface area contributed by atoms with E-state index < -0.39 is 5.91 Å². The van der Waals surface area contributed by atoms with Gasteiger partial charge in [0, 0.05) is 17.1 Å². The summed E-state index contributed by atoms with van der Waals surface area (Å²) in [7, 11) is 1.54. The maximum atomic E-state index is 12.7. The molecule has 1 amide bonds. The van der Waals surface area contributed by atoms with Crippen molar-refractivity contribution in [1.29, 1.82) is 5.26 Å². The lowest BCUT2D eigenvalue weighted by Crippen LogP contribution is -2.14. The second-order valence-corrected chi connectivity index (χ2v) is 7.21. The highest BCUT2D eigenvalue weighted by Gasteiger charge is 2.16. The van der Waals surface area contributed by atoms with E-state index >= 15 is 0 Å². The van der Waals surface area contributed by atoms with Crippen LogP contribution >= 0.6 is 0 Å². The van der Waals surface area contributed by atoms with Crippen LogP contribution in [0.3, 0.4) is 0 Å². The van der Waals surface area contributed by atoms with E-state index in [9.17, 15) is 10.1 Å². The third-order valence-corrected chi connectivity index (χ3v) is 5.31. The van der Waals surface area contributed by atoms with Crippen molar-refractivity contribution in [2.45, 2.75) is 27.7 Å². The smallest absolute Gasteiger partial charge is 0.266 e. The number of hydrogen-bond acceptors (Lipinski definition) is 3. The molecule has 0 fully saturated rings. The van der Waals surface area contributed by atoms with E-state index in [1.807, 2.05) is 38.1 Å². The Kier molecular flexibility index (Phi) is 6.08. The Bertz CT molecular complexity index is 1180. The number of nitrogens with one attached hydrogen (secondary N) is 1. The third kappa shape index (κ3) is 3.99. The number of para-hydroxylation sites is 2. The molecule has 0 aliphatic rings. The number of aryl methyl sites for hydroxylation is 2. The fraction of sp³-hybridized carbons (Fsp3) is 0.200. The van der Waals surface area contributed by atoms with E-state index in [0.717, 1.165) is 22.6 Å². The molecule has 0 aliphatic heterocycles. The van der Waals surface area contributed by atoms with Gasteiger partial charge >= 0.3 is 0 Å². The molecule has 30 heavy (non-hydrogen) atoms. The summed E-state index contributed by atoms with van der Waals surface area (Å²) in [5.41, 5.74) is 6.90. The molecule has 0 unspecified atom stereocenters. The van der Waals surface area contributed by atoms with Crippen LogP contribution in [0, 0.1) is 39.0 Å². The summed E-state index contributed by atoms with van der Waals surface area (Å²) in [6.45, 7) is 8.20. The number of rotatable bonds is 5. The molecule has 3 rings (SSSR count). The van der Waals surface area contributed by atoms with Crippen molar-refractivity contribution < 1.29 is 9.53 Å². The van der Waals surface area contributed by atoms with Gasteiger partial charge in [0.25, 0.3) is 5.91 Å². The van der Waals surface area contributed by atoms with Gasteiger partial charge in [-0.2, -0.15) is 5.26 Å². The van der Waals surface area contributed by atoms with Crippen LogP contribution in [0.1, 0.15) is 28.1 Å². The molecule has 0 radical (unpaired) electrons. The lowest BCUT2D eigenvalue weighted by Gasteiger charge is -2.14. The lowest BCUT2D eigenvalue weighted by molar-refractivity contribution is -0.112. The Morgan fingerprint density at radius 3 is 2.53 bits per heavy atom. The fourth-order valence-corrected chi connectivity index (χ4v) is 3.52. The molecule has 152 valence electrons. The Morgan fingerprint density at radius 2 is 1.83 bits per heavy atom. The Balaban J connectivity index is 1.98. The van der Waals surface area contributed by atoms with Gasteiger partial charge in [-0.25, -0.2) is 0 Å². The average molecular weight is 399 g/mol. The highest BCUT2D eigenvalue weighted by molar-refractivity contribution is 6.10. The van der Waals surface area contributed by atoms with Crippen molar-refractivity contribution in [2.24, 2.45) is 0 Å². The van der Waals surface area contributed by atoms with E-state index in [4.69, 9.17) is 4.74 Å². The van der Waals surface area contributed by atoms with Crippen molar-refractivity contribution in [3.8, 4) is 17.5 Å². The van der Waals surface area contributed by atoms with Gasteiger partial charge in [-0.05, 0) is 74.7 Å². The molecule has 0 saturated carbocycles. The minimum Gasteiger partial charge on any atom is -0.495 e. The Labute approximate surface area is 177 Å². The van der Waals surface area contributed by atoms with E-state index in [2.05, 4.69) is 35.9 Å². The van der Waals surface area contributed by atoms with Gasteiger partial charge in [0.05, 0.1) is 12.8 Å². The van der Waals surface area contributed by atoms with Crippen LogP contribution in [0.15, 0.2) is 54.1 Å². The lowest BCUT2D eigenvalue weighted by atomic mass is 10.1. The molecule has 0 saturated heterocycles. The van der Waals surface area contributed by atoms with Gasteiger partial charge in [-0.3, -0.25) is 4.79 Å². The van der Waals surface area contributed by atoms with Crippen LogP contribution < -0.4 is 10.1 Å². The zero-order valence-electron chi connectivity index (χ0n) is 17.9. The number of nitrogens with zero attached hydrogens (tertiary/aromatic N) is 2. The zero-order valence-corrected chi connectivity index (χ0v) is 17.9. The number of ether oxygens (including phenoxy) is 1. The second-order valence-electron chi connectivity index (χ2n) is 7.21. The molecule has 3 aromatic rings. The van der Waals surface area contributed by atoms with Gasteiger partial charge in [-0.1, -0.05) is 24.3 Å².